The van der Waals surface area contributed by atoms with E-state index in [-0.39, 0.29) is 6.61 Å². The molecule has 3 nitrogen and oxygen atoms in total. The average Bonchev–Trinajstić information content (AvgIpc) is 2.26. The van der Waals surface area contributed by atoms with Crippen LogP contribution in [0.1, 0.15) is 6.42 Å². The maximum Gasteiger partial charge on any atom is 0.144 e. The molecule has 0 aromatic carbocycles. The van der Waals surface area contributed by atoms with Crippen LogP contribution in [0.15, 0.2) is 16.7 Å². The van der Waals surface area contributed by atoms with Gasteiger partial charge in [0.1, 0.15) is 5.82 Å². The van der Waals surface area contributed by atoms with Crippen molar-refractivity contribution in [3.63, 3.8) is 0 Å². The molecule has 0 fully saturated rings. The van der Waals surface area contributed by atoms with Gasteiger partial charge in [0.2, 0.25) is 0 Å². The van der Waals surface area contributed by atoms with Gasteiger partial charge >= 0.3 is 0 Å². The normalized spacial score (nSPS) is 10.4. The van der Waals surface area contributed by atoms with Crippen molar-refractivity contribution in [3.05, 3.63) is 21.8 Å². The van der Waals surface area contributed by atoms with Crippen LogP contribution in [0.3, 0.4) is 0 Å². The van der Waals surface area contributed by atoms with Gasteiger partial charge in [0.25, 0.3) is 0 Å². The molecule has 0 amide bonds. The number of halogens is 2. The van der Waals surface area contributed by atoms with E-state index < -0.39 is 0 Å². The summed E-state index contributed by atoms with van der Waals surface area (Å²) in [6.07, 6.45) is 2.56. The Morgan fingerprint density at radius 2 is 2.31 bits per heavy atom. The third kappa shape index (κ3) is 5.39. The van der Waals surface area contributed by atoms with E-state index in [1.54, 1.807) is 18.0 Å². The van der Waals surface area contributed by atoms with Gasteiger partial charge < -0.3 is 10.4 Å². The van der Waals surface area contributed by atoms with Crippen LogP contribution in [0.5, 0.6) is 0 Å². The third-order valence-electron chi connectivity index (χ3n) is 1.79. The molecular formula is C10H14BrClN2OS. The molecule has 0 aliphatic carbocycles. The largest absolute Gasteiger partial charge is 0.396 e. The fourth-order valence-electron chi connectivity index (χ4n) is 1.05. The van der Waals surface area contributed by atoms with Gasteiger partial charge in [0.15, 0.2) is 0 Å². The summed E-state index contributed by atoms with van der Waals surface area (Å²) in [7, 11) is 0. The van der Waals surface area contributed by atoms with Crippen LogP contribution in [0.2, 0.25) is 5.02 Å². The maximum absolute atomic E-state index is 8.60. The van der Waals surface area contributed by atoms with Gasteiger partial charge in [-0.3, -0.25) is 0 Å². The molecule has 0 aliphatic rings. The van der Waals surface area contributed by atoms with Gasteiger partial charge in [0.05, 0.1) is 5.02 Å². The summed E-state index contributed by atoms with van der Waals surface area (Å²) in [6.45, 7) is 1.09. The minimum atomic E-state index is 0.264. The number of aliphatic hydroxyl groups excluding tert-OH is 1. The number of hydrogen-bond acceptors (Lipinski definition) is 4. The summed E-state index contributed by atoms with van der Waals surface area (Å²) < 4.78 is 0.875. The van der Waals surface area contributed by atoms with Gasteiger partial charge in [-0.25, -0.2) is 4.98 Å². The first kappa shape index (κ1) is 14.1. The van der Waals surface area contributed by atoms with Crippen LogP contribution in [0, 0.1) is 0 Å². The molecule has 0 atom stereocenters. The van der Waals surface area contributed by atoms with Crippen molar-refractivity contribution >= 4 is 45.1 Å². The van der Waals surface area contributed by atoms with E-state index in [4.69, 9.17) is 16.7 Å². The van der Waals surface area contributed by atoms with Crippen LogP contribution in [-0.4, -0.2) is 34.7 Å². The number of pyridine rings is 1. The SMILES string of the molecule is OCCCSCCNc1ncc(Br)cc1Cl. The number of thioether (sulfide) groups is 1. The molecule has 1 aromatic heterocycles. The molecule has 2 N–H and O–H groups in total. The van der Waals surface area contributed by atoms with Crippen LogP contribution in [0.25, 0.3) is 0 Å². The molecule has 90 valence electrons. The van der Waals surface area contributed by atoms with Crippen LogP contribution in [-0.2, 0) is 0 Å². The first-order valence-electron chi connectivity index (χ1n) is 4.97. The fourth-order valence-corrected chi connectivity index (χ4v) is 2.53. The highest BCUT2D eigenvalue weighted by atomic mass is 79.9. The molecule has 16 heavy (non-hydrogen) atoms. The van der Waals surface area contributed by atoms with Gasteiger partial charge in [-0.15, -0.1) is 0 Å². The number of aliphatic hydroxyl groups is 1. The summed E-state index contributed by atoms with van der Waals surface area (Å²) in [4.78, 5) is 4.17. The second kappa shape index (κ2) is 8.17. The lowest BCUT2D eigenvalue weighted by Crippen LogP contribution is -2.06. The number of nitrogens with zero attached hydrogens (tertiary/aromatic N) is 1. The van der Waals surface area contributed by atoms with Crippen LogP contribution in [0.4, 0.5) is 5.82 Å². The molecule has 1 heterocycles. The van der Waals surface area contributed by atoms with Crippen molar-refractivity contribution in [2.45, 2.75) is 6.42 Å². The molecule has 0 saturated carbocycles. The van der Waals surface area contributed by atoms with E-state index in [1.807, 2.05) is 6.07 Å². The average molecular weight is 326 g/mol. The topological polar surface area (TPSA) is 45.1 Å². The maximum atomic E-state index is 8.60. The Morgan fingerprint density at radius 3 is 3.00 bits per heavy atom. The number of anilines is 1. The fraction of sp³-hybridized carbons (Fsp3) is 0.500. The predicted octanol–water partition coefficient (Wildman–Crippen LogP) is 3.03. The number of aromatic nitrogens is 1. The summed E-state index contributed by atoms with van der Waals surface area (Å²) in [5, 5.41) is 12.4. The van der Waals surface area contributed by atoms with Gasteiger partial charge in [0, 0.05) is 29.6 Å². The highest BCUT2D eigenvalue weighted by Gasteiger charge is 2.01. The van der Waals surface area contributed by atoms with Gasteiger partial charge in [-0.1, -0.05) is 11.6 Å². The molecular weight excluding hydrogens is 312 g/mol. The molecule has 1 rings (SSSR count). The zero-order valence-corrected chi connectivity index (χ0v) is 11.9. The Hall–Kier alpha value is 0.0300. The monoisotopic (exact) mass is 324 g/mol. The first-order chi connectivity index (χ1) is 7.74. The summed E-state index contributed by atoms with van der Waals surface area (Å²) in [5.74, 6) is 2.68. The Balaban J connectivity index is 2.21. The van der Waals surface area contributed by atoms with Crippen LogP contribution < -0.4 is 5.32 Å². The molecule has 1 aromatic rings. The molecule has 0 unspecified atom stereocenters. The highest BCUT2D eigenvalue weighted by Crippen LogP contribution is 2.22. The van der Waals surface area contributed by atoms with E-state index in [0.29, 0.717) is 10.8 Å². The van der Waals surface area contributed by atoms with Crippen molar-refractivity contribution in [3.8, 4) is 0 Å². The minimum Gasteiger partial charge on any atom is -0.396 e. The molecule has 0 aliphatic heterocycles. The van der Waals surface area contributed by atoms with Crippen molar-refractivity contribution in [1.82, 2.24) is 4.98 Å². The standard InChI is InChI=1S/C10H14BrClN2OS/c11-8-6-9(12)10(14-7-8)13-2-5-16-4-1-3-15/h6-7,15H,1-5H2,(H,13,14). The van der Waals surface area contributed by atoms with E-state index in [1.165, 1.54) is 0 Å². The Bertz CT molecular complexity index is 328. The first-order valence-corrected chi connectivity index (χ1v) is 7.30. The lowest BCUT2D eigenvalue weighted by atomic mass is 10.4. The number of nitrogens with one attached hydrogen (secondary N) is 1. The van der Waals surface area contributed by atoms with Crippen molar-refractivity contribution in [2.24, 2.45) is 0 Å². The highest BCUT2D eigenvalue weighted by molar-refractivity contribution is 9.10. The van der Waals surface area contributed by atoms with Gasteiger partial charge in [-0.05, 0) is 34.2 Å². The smallest absolute Gasteiger partial charge is 0.144 e. The molecule has 0 radical (unpaired) electrons. The second-order valence-electron chi connectivity index (χ2n) is 3.10. The van der Waals surface area contributed by atoms with E-state index >= 15 is 0 Å². The second-order valence-corrected chi connectivity index (χ2v) is 5.65. The molecule has 6 heteroatoms. The van der Waals surface area contributed by atoms with Crippen molar-refractivity contribution < 1.29 is 5.11 Å². The van der Waals surface area contributed by atoms with Crippen LogP contribution >= 0.6 is 39.3 Å². The molecule has 0 saturated heterocycles. The zero-order chi connectivity index (χ0) is 11.8. The van der Waals surface area contributed by atoms with Gasteiger partial charge in [-0.2, -0.15) is 11.8 Å². The number of rotatable bonds is 7. The summed E-state index contributed by atoms with van der Waals surface area (Å²) in [5.41, 5.74) is 0. The number of hydrogen-bond donors (Lipinski definition) is 2. The van der Waals surface area contributed by atoms with Crippen molar-refractivity contribution in [1.29, 1.82) is 0 Å². The lowest BCUT2D eigenvalue weighted by molar-refractivity contribution is 0.296. The molecule has 0 spiro atoms. The Labute approximate surface area is 113 Å². The third-order valence-corrected chi connectivity index (χ3v) is 3.59. The van der Waals surface area contributed by atoms with E-state index in [0.717, 1.165) is 28.9 Å². The lowest BCUT2D eigenvalue weighted by Gasteiger charge is -2.07. The summed E-state index contributed by atoms with van der Waals surface area (Å²) >= 11 is 11.1. The predicted molar refractivity (Wildman–Crippen MR) is 74.5 cm³/mol. The summed E-state index contributed by atoms with van der Waals surface area (Å²) in [6, 6.07) is 1.82. The minimum absolute atomic E-state index is 0.264. The quantitative estimate of drug-likeness (QED) is 0.756. The molecule has 0 bridgehead atoms. The Morgan fingerprint density at radius 1 is 1.50 bits per heavy atom. The van der Waals surface area contributed by atoms with Crippen molar-refractivity contribution in [2.75, 3.05) is 30.0 Å². The Kier molecular flexibility index (Phi) is 7.20. The zero-order valence-electron chi connectivity index (χ0n) is 8.75. The van der Waals surface area contributed by atoms with E-state index in [9.17, 15) is 0 Å². The van der Waals surface area contributed by atoms with E-state index in [2.05, 4.69) is 26.2 Å².